The van der Waals surface area contributed by atoms with E-state index in [9.17, 15) is 9.59 Å². The Bertz CT molecular complexity index is 445. The smallest absolute Gasteiger partial charge is 0.324 e. The van der Waals surface area contributed by atoms with Gasteiger partial charge in [-0.1, -0.05) is 40.5 Å². The number of esters is 2. The molecule has 0 saturated heterocycles. The predicted molar refractivity (Wildman–Crippen MR) is 98.0 cm³/mol. The van der Waals surface area contributed by atoms with E-state index in [1.807, 2.05) is 0 Å². The minimum atomic E-state index is -1.08. The van der Waals surface area contributed by atoms with Gasteiger partial charge in [0.15, 0.2) is 5.41 Å². The van der Waals surface area contributed by atoms with E-state index in [1.165, 1.54) is 0 Å². The summed E-state index contributed by atoms with van der Waals surface area (Å²) in [5.41, 5.74) is -1.39. The van der Waals surface area contributed by atoms with Crippen LogP contribution in [-0.2, 0) is 19.1 Å². The van der Waals surface area contributed by atoms with Gasteiger partial charge in [-0.2, -0.15) is 0 Å². The van der Waals surface area contributed by atoms with Crippen molar-refractivity contribution in [2.45, 2.75) is 85.5 Å². The van der Waals surface area contributed by atoms with Crippen LogP contribution in [0.2, 0.25) is 0 Å². The molecule has 2 aliphatic carbocycles. The van der Waals surface area contributed by atoms with E-state index in [2.05, 4.69) is 27.7 Å². The van der Waals surface area contributed by atoms with Crippen LogP contribution in [0.1, 0.15) is 85.5 Å². The molecule has 4 heteroatoms. The first-order chi connectivity index (χ1) is 12.0. The summed E-state index contributed by atoms with van der Waals surface area (Å²) in [6, 6.07) is 0. The van der Waals surface area contributed by atoms with Gasteiger partial charge in [-0.3, -0.25) is 9.59 Å². The van der Waals surface area contributed by atoms with Gasteiger partial charge in [0.05, 0.1) is 13.2 Å². The molecule has 144 valence electrons. The van der Waals surface area contributed by atoms with Crippen molar-refractivity contribution in [2.24, 2.45) is 22.7 Å². The molecule has 0 heterocycles. The zero-order valence-electron chi connectivity index (χ0n) is 16.6. The van der Waals surface area contributed by atoms with Gasteiger partial charge in [0, 0.05) is 0 Å². The SMILES string of the molecule is CCCCOC(=O)C1(C(=O)OCCCC)C2CCC(C2)C1(CC)CC. The highest BCUT2D eigenvalue weighted by Gasteiger charge is 2.74. The average Bonchev–Trinajstić information content (AvgIpc) is 3.20. The third-order valence-corrected chi connectivity index (χ3v) is 6.98. The highest BCUT2D eigenvalue weighted by atomic mass is 16.6. The summed E-state index contributed by atoms with van der Waals surface area (Å²) in [6.45, 7) is 9.20. The number of hydrogen-bond acceptors (Lipinski definition) is 4. The molecule has 0 radical (unpaired) electrons. The molecule has 2 fully saturated rings. The van der Waals surface area contributed by atoms with Crippen LogP contribution >= 0.6 is 0 Å². The fourth-order valence-corrected chi connectivity index (χ4v) is 5.66. The van der Waals surface area contributed by atoms with Crippen LogP contribution in [0.5, 0.6) is 0 Å². The number of ether oxygens (including phenoxy) is 2. The van der Waals surface area contributed by atoms with Gasteiger partial charge >= 0.3 is 11.9 Å². The molecule has 0 amide bonds. The normalized spacial score (nSPS) is 25.8. The van der Waals surface area contributed by atoms with Crippen molar-refractivity contribution in [3.63, 3.8) is 0 Å². The first kappa shape index (κ1) is 20.3. The fourth-order valence-electron chi connectivity index (χ4n) is 5.66. The van der Waals surface area contributed by atoms with Gasteiger partial charge in [-0.05, 0) is 62.2 Å². The number of hydrogen-bond donors (Lipinski definition) is 0. The Morgan fingerprint density at radius 2 is 1.32 bits per heavy atom. The Morgan fingerprint density at radius 1 is 0.840 bits per heavy atom. The van der Waals surface area contributed by atoms with E-state index in [0.717, 1.165) is 57.8 Å². The van der Waals surface area contributed by atoms with Crippen molar-refractivity contribution in [1.29, 1.82) is 0 Å². The molecule has 4 nitrogen and oxygen atoms in total. The number of unbranched alkanes of at least 4 members (excludes halogenated alkanes) is 2. The lowest BCUT2D eigenvalue weighted by Crippen LogP contribution is -2.58. The van der Waals surface area contributed by atoms with E-state index >= 15 is 0 Å². The van der Waals surface area contributed by atoms with Crippen LogP contribution in [0.25, 0.3) is 0 Å². The molecule has 2 bridgehead atoms. The summed E-state index contributed by atoms with van der Waals surface area (Å²) in [5, 5.41) is 0. The third kappa shape index (κ3) is 3.10. The summed E-state index contributed by atoms with van der Waals surface area (Å²) in [5.74, 6) is -0.0951. The molecule has 0 aromatic carbocycles. The van der Waals surface area contributed by atoms with Crippen LogP contribution in [0.4, 0.5) is 0 Å². The lowest BCUT2D eigenvalue weighted by Gasteiger charge is -2.49. The molecule has 0 aromatic rings. The van der Waals surface area contributed by atoms with E-state index in [-0.39, 0.29) is 23.3 Å². The van der Waals surface area contributed by atoms with Crippen molar-refractivity contribution < 1.29 is 19.1 Å². The Balaban J connectivity index is 2.37. The van der Waals surface area contributed by atoms with Crippen LogP contribution in [0.3, 0.4) is 0 Å². The first-order valence-electron chi connectivity index (χ1n) is 10.4. The minimum absolute atomic E-state index is 0.0839. The quantitative estimate of drug-likeness (QED) is 0.319. The predicted octanol–water partition coefficient (Wildman–Crippen LogP) is 4.90. The average molecular weight is 353 g/mol. The summed E-state index contributed by atoms with van der Waals surface area (Å²) in [6.07, 6.45) is 8.31. The molecule has 0 aromatic heterocycles. The largest absolute Gasteiger partial charge is 0.465 e. The van der Waals surface area contributed by atoms with Crippen molar-refractivity contribution in [2.75, 3.05) is 13.2 Å². The van der Waals surface area contributed by atoms with Gasteiger partial charge in [0.2, 0.25) is 0 Å². The van der Waals surface area contributed by atoms with Gasteiger partial charge in [-0.25, -0.2) is 0 Å². The van der Waals surface area contributed by atoms with Crippen molar-refractivity contribution >= 4 is 11.9 Å². The molecule has 0 spiro atoms. The maximum absolute atomic E-state index is 13.3. The Kier molecular flexibility index (Phi) is 6.93. The molecule has 0 N–H and O–H groups in total. The number of carbonyl (C=O) groups excluding carboxylic acids is 2. The standard InChI is InChI=1S/C21H36O4/c1-5-9-13-24-18(22)21(19(23)25-14-10-6-2)17-12-11-16(15-17)20(21,7-3)8-4/h16-17H,5-15H2,1-4H3. The molecule has 2 aliphatic rings. The van der Waals surface area contributed by atoms with Crippen LogP contribution in [-0.4, -0.2) is 25.2 Å². The zero-order chi connectivity index (χ0) is 18.5. The molecule has 25 heavy (non-hydrogen) atoms. The summed E-state index contributed by atoms with van der Waals surface area (Å²) >= 11 is 0. The minimum Gasteiger partial charge on any atom is -0.465 e. The zero-order valence-corrected chi connectivity index (χ0v) is 16.6. The highest BCUT2D eigenvalue weighted by molar-refractivity contribution is 6.02. The Labute approximate surface area is 153 Å². The van der Waals surface area contributed by atoms with Crippen molar-refractivity contribution in [1.82, 2.24) is 0 Å². The molecular formula is C21H36O4. The van der Waals surface area contributed by atoms with Gasteiger partial charge in [0.1, 0.15) is 0 Å². The summed E-state index contributed by atoms with van der Waals surface area (Å²) in [4.78, 5) is 26.6. The van der Waals surface area contributed by atoms with Gasteiger partial charge in [-0.15, -0.1) is 0 Å². The summed E-state index contributed by atoms with van der Waals surface area (Å²) in [7, 11) is 0. The number of fused-ring (bicyclic) bond motifs is 2. The van der Waals surface area contributed by atoms with Crippen molar-refractivity contribution in [3.05, 3.63) is 0 Å². The number of rotatable bonds is 10. The van der Waals surface area contributed by atoms with Crippen LogP contribution < -0.4 is 0 Å². The lowest BCUT2D eigenvalue weighted by atomic mass is 9.53. The molecule has 2 rings (SSSR count). The number of carbonyl (C=O) groups is 2. The van der Waals surface area contributed by atoms with Gasteiger partial charge < -0.3 is 9.47 Å². The highest BCUT2D eigenvalue weighted by Crippen LogP contribution is 2.70. The first-order valence-corrected chi connectivity index (χ1v) is 10.4. The molecule has 2 saturated carbocycles. The second-order valence-electron chi connectivity index (χ2n) is 7.86. The second-order valence-corrected chi connectivity index (χ2v) is 7.86. The van der Waals surface area contributed by atoms with E-state index in [4.69, 9.17) is 9.47 Å². The Morgan fingerprint density at radius 3 is 1.76 bits per heavy atom. The van der Waals surface area contributed by atoms with Gasteiger partial charge in [0.25, 0.3) is 0 Å². The topological polar surface area (TPSA) is 52.6 Å². The monoisotopic (exact) mass is 352 g/mol. The van der Waals surface area contributed by atoms with E-state index in [1.54, 1.807) is 0 Å². The molecular weight excluding hydrogens is 316 g/mol. The van der Waals surface area contributed by atoms with E-state index in [0.29, 0.717) is 19.1 Å². The van der Waals surface area contributed by atoms with Crippen LogP contribution in [0.15, 0.2) is 0 Å². The van der Waals surface area contributed by atoms with E-state index < -0.39 is 5.41 Å². The maximum atomic E-state index is 13.3. The Hall–Kier alpha value is -1.06. The lowest BCUT2D eigenvalue weighted by molar-refractivity contribution is -0.192. The molecule has 2 atom stereocenters. The van der Waals surface area contributed by atoms with Crippen molar-refractivity contribution in [3.8, 4) is 0 Å². The third-order valence-electron chi connectivity index (χ3n) is 6.98. The molecule has 0 aliphatic heterocycles. The summed E-state index contributed by atoms with van der Waals surface area (Å²) < 4.78 is 11.3. The second kappa shape index (κ2) is 8.55. The maximum Gasteiger partial charge on any atom is 0.324 e. The van der Waals surface area contributed by atoms with Crippen LogP contribution in [0, 0.1) is 22.7 Å². The fraction of sp³-hybridized carbons (Fsp3) is 0.905. The molecule has 2 unspecified atom stereocenters.